The highest BCUT2D eigenvalue weighted by atomic mass is 16.5. The van der Waals surface area contributed by atoms with Crippen LogP contribution in [0.25, 0.3) is 0 Å². The third kappa shape index (κ3) is 2.91. The summed E-state index contributed by atoms with van der Waals surface area (Å²) in [6, 6.07) is 6.85. The molecule has 1 heterocycles. The van der Waals surface area contributed by atoms with Crippen LogP contribution in [0, 0.1) is 5.92 Å². The topological polar surface area (TPSA) is 47.3 Å². The van der Waals surface area contributed by atoms with Crippen LogP contribution in [0.1, 0.15) is 55.8 Å². The maximum Gasteiger partial charge on any atom is 0.0725 e. The van der Waals surface area contributed by atoms with Crippen molar-refractivity contribution in [1.82, 2.24) is 5.43 Å². The number of hydrogen-bond acceptors (Lipinski definition) is 3. The van der Waals surface area contributed by atoms with Crippen LogP contribution in [-0.2, 0) is 18.0 Å². The quantitative estimate of drug-likeness (QED) is 0.601. The monoisotopic (exact) mass is 248 g/mol. The molecule has 100 valence electrons. The maximum atomic E-state index is 5.73. The van der Waals surface area contributed by atoms with Crippen molar-refractivity contribution >= 4 is 0 Å². The number of benzene rings is 1. The molecule has 2 rings (SSSR count). The largest absolute Gasteiger partial charge is 0.372 e. The van der Waals surface area contributed by atoms with Crippen LogP contribution in [0.4, 0.5) is 0 Å². The van der Waals surface area contributed by atoms with Crippen LogP contribution in [0.3, 0.4) is 0 Å². The van der Waals surface area contributed by atoms with E-state index in [1.54, 1.807) is 0 Å². The van der Waals surface area contributed by atoms with Gasteiger partial charge in [0.2, 0.25) is 0 Å². The summed E-state index contributed by atoms with van der Waals surface area (Å²) in [6.07, 6.45) is 3.52. The van der Waals surface area contributed by atoms with Gasteiger partial charge in [0.1, 0.15) is 0 Å². The van der Waals surface area contributed by atoms with E-state index in [-0.39, 0.29) is 6.04 Å². The van der Waals surface area contributed by atoms with Gasteiger partial charge in [0.05, 0.1) is 13.2 Å². The van der Waals surface area contributed by atoms with Crippen molar-refractivity contribution in [3.63, 3.8) is 0 Å². The van der Waals surface area contributed by atoms with Gasteiger partial charge in [0.25, 0.3) is 0 Å². The molecule has 3 N–H and O–H groups in total. The number of nitrogens with two attached hydrogens (primary N) is 1. The van der Waals surface area contributed by atoms with E-state index in [0.29, 0.717) is 0 Å². The molecule has 3 heteroatoms. The van der Waals surface area contributed by atoms with E-state index in [9.17, 15) is 0 Å². The second-order valence-electron chi connectivity index (χ2n) is 5.16. The molecule has 0 saturated heterocycles. The fraction of sp³-hybridized carbons (Fsp3) is 0.600. The molecule has 1 unspecified atom stereocenters. The highest BCUT2D eigenvalue weighted by molar-refractivity contribution is 5.34. The lowest BCUT2D eigenvalue weighted by atomic mass is 9.90. The smallest absolute Gasteiger partial charge is 0.0725 e. The zero-order valence-electron chi connectivity index (χ0n) is 11.4. The van der Waals surface area contributed by atoms with Crippen molar-refractivity contribution < 1.29 is 4.74 Å². The van der Waals surface area contributed by atoms with E-state index >= 15 is 0 Å². The molecule has 3 nitrogen and oxygen atoms in total. The molecule has 0 spiro atoms. The van der Waals surface area contributed by atoms with Crippen LogP contribution < -0.4 is 11.3 Å². The minimum atomic E-state index is 0.251. The zero-order valence-corrected chi connectivity index (χ0v) is 11.4. The molecule has 0 aliphatic carbocycles. The number of nitrogens with one attached hydrogen (secondary N) is 1. The Morgan fingerprint density at radius 2 is 1.94 bits per heavy atom. The number of rotatable bonds is 6. The average Bonchev–Trinajstić information content (AvgIpc) is 2.87. The van der Waals surface area contributed by atoms with Gasteiger partial charge in [0, 0.05) is 6.04 Å². The Kier molecular flexibility index (Phi) is 4.75. The summed E-state index contributed by atoms with van der Waals surface area (Å²) in [5, 5.41) is 0. The Hall–Kier alpha value is -0.900. The van der Waals surface area contributed by atoms with Gasteiger partial charge in [-0.15, -0.1) is 0 Å². The van der Waals surface area contributed by atoms with Gasteiger partial charge >= 0.3 is 0 Å². The van der Waals surface area contributed by atoms with Gasteiger partial charge in [-0.05, 0) is 29.0 Å². The molecular formula is C15H24N2O. The normalized spacial score (nSPS) is 16.0. The lowest BCUT2D eigenvalue weighted by Gasteiger charge is -2.22. The van der Waals surface area contributed by atoms with E-state index in [1.165, 1.54) is 29.5 Å². The van der Waals surface area contributed by atoms with Crippen LogP contribution in [0.2, 0.25) is 0 Å². The predicted molar refractivity (Wildman–Crippen MR) is 73.7 cm³/mol. The van der Waals surface area contributed by atoms with Crippen LogP contribution in [0.15, 0.2) is 18.2 Å². The van der Waals surface area contributed by atoms with Crippen molar-refractivity contribution in [2.75, 3.05) is 0 Å². The molecule has 1 aromatic carbocycles. The number of hydrazine groups is 1. The molecule has 0 saturated carbocycles. The second kappa shape index (κ2) is 6.32. The second-order valence-corrected chi connectivity index (χ2v) is 5.16. The summed E-state index contributed by atoms with van der Waals surface area (Å²) in [4.78, 5) is 0. The molecule has 0 bridgehead atoms. The van der Waals surface area contributed by atoms with Crippen molar-refractivity contribution in [2.45, 2.75) is 52.4 Å². The minimum absolute atomic E-state index is 0.251. The Morgan fingerprint density at radius 3 is 2.61 bits per heavy atom. The summed E-state index contributed by atoms with van der Waals surface area (Å²) in [7, 11) is 0. The molecule has 1 aliphatic heterocycles. The SMILES string of the molecule is CCC(CC)CC(NN)c1ccc2c(c1)COC2. The molecular weight excluding hydrogens is 224 g/mol. The Morgan fingerprint density at radius 1 is 1.22 bits per heavy atom. The summed E-state index contributed by atoms with van der Waals surface area (Å²) < 4.78 is 5.46. The van der Waals surface area contributed by atoms with Crippen molar-refractivity contribution in [2.24, 2.45) is 11.8 Å². The minimum Gasteiger partial charge on any atom is -0.372 e. The van der Waals surface area contributed by atoms with Crippen LogP contribution in [-0.4, -0.2) is 0 Å². The highest BCUT2D eigenvalue weighted by Gasteiger charge is 2.18. The third-order valence-corrected chi connectivity index (χ3v) is 4.07. The first-order valence-corrected chi connectivity index (χ1v) is 6.94. The van der Waals surface area contributed by atoms with Crippen molar-refractivity contribution in [3.8, 4) is 0 Å². The van der Waals surface area contributed by atoms with E-state index in [4.69, 9.17) is 10.6 Å². The first-order chi connectivity index (χ1) is 8.78. The fourth-order valence-corrected chi connectivity index (χ4v) is 2.66. The zero-order chi connectivity index (χ0) is 13.0. The average molecular weight is 248 g/mol. The first kappa shape index (κ1) is 13.5. The van der Waals surface area contributed by atoms with E-state index in [0.717, 1.165) is 25.6 Å². The summed E-state index contributed by atoms with van der Waals surface area (Å²) >= 11 is 0. The van der Waals surface area contributed by atoms with Crippen LogP contribution >= 0.6 is 0 Å². The predicted octanol–water partition coefficient (Wildman–Crippen LogP) is 3.05. The van der Waals surface area contributed by atoms with Gasteiger partial charge < -0.3 is 4.74 Å². The van der Waals surface area contributed by atoms with Crippen molar-refractivity contribution in [3.05, 3.63) is 34.9 Å². The number of hydrogen-bond donors (Lipinski definition) is 2. The van der Waals surface area contributed by atoms with E-state index in [1.807, 2.05) is 0 Å². The van der Waals surface area contributed by atoms with Crippen molar-refractivity contribution in [1.29, 1.82) is 0 Å². The summed E-state index contributed by atoms with van der Waals surface area (Å²) in [6.45, 7) is 5.99. The highest BCUT2D eigenvalue weighted by Crippen LogP contribution is 2.28. The Balaban J connectivity index is 2.12. The molecule has 0 aromatic heterocycles. The molecule has 1 atom stereocenters. The van der Waals surface area contributed by atoms with Gasteiger partial charge in [-0.25, -0.2) is 0 Å². The fourth-order valence-electron chi connectivity index (χ4n) is 2.66. The molecule has 0 radical (unpaired) electrons. The molecule has 0 fully saturated rings. The lowest BCUT2D eigenvalue weighted by molar-refractivity contribution is 0.134. The first-order valence-electron chi connectivity index (χ1n) is 6.94. The molecule has 1 aliphatic rings. The lowest BCUT2D eigenvalue weighted by Crippen LogP contribution is -2.29. The number of ether oxygens (including phenoxy) is 1. The summed E-state index contributed by atoms with van der Waals surface area (Å²) in [5.41, 5.74) is 6.89. The third-order valence-electron chi connectivity index (χ3n) is 4.07. The van der Waals surface area contributed by atoms with Gasteiger partial charge in [-0.1, -0.05) is 44.9 Å². The Bertz CT molecular complexity index is 388. The Labute approximate surface area is 110 Å². The van der Waals surface area contributed by atoms with Gasteiger partial charge in [-0.3, -0.25) is 11.3 Å². The standard InChI is InChI=1S/C15H24N2O/c1-3-11(4-2)7-15(17-16)12-5-6-13-9-18-10-14(13)8-12/h5-6,8,11,15,17H,3-4,7,9-10,16H2,1-2H3. The number of fused-ring (bicyclic) bond motifs is 1. The van der Waals surface area contributed by atoms with Gasteiger partial charge in [0.15, 0.2) is 0 Å². The maximum absolute atomic E-state index is 5.73. The van der Waals surface area contributed by atoms with Crippen LogP contribution in [0.5, 0.6) is 0 Å². The molecule has 1 aromatic rings. The van der Waals surface area contributed by atoms with E-state index < -0.39 is 0 Å². The van der Waals surface area contributed by atoms with Gasteiger partial charge in [-0.2, -0.15) is 0 Å². The molecule has 18 heavy (non-hydrogen) atoms. The molecule has 0 amide bonds. The summed E-state index contributed by atoms with van der Waals surface area (Å²) in [5.74, 6) is 6.46. The van der Waals surface area contributed by atoms with E-state index in [2.05, 4.69) is 37.5 Å².